The van der Waals surface area contributed by atoms with Gasteiger partial charge in [-0.1, -0.05) is 25.8 Å². The molecule has 2 rings (SSSR count). The number of carbonyl (C=O) groups is 2. The second-order valence-corrected chi connectivity index (χ2v) is 4.97. The van der Waals surface area contributed by atoms with Crippen LogP contribution >= 0.6 is 0 Å². The van der Waals surface area contributed by atoms with Crippen LogP contribution in [0.3, 0.4) is 0 Å². The molecule has 3 heteroatoms. The third-order valence-electron chi connectivity index (χ3n) is 3.73. The zero-order chi connectivity index (χ0) is 12.3. The lowest BCUT2D eigenvalue weighted by Gasteiger charge is -2.10. The highest BCUT2D eigenvalue weighted by molar-refractivity contribution is 6.02. The average Bonchev–Trinajstić information content (AvgIpc) is 2.82. The summed E-state index contributed by atoms with van der Waals surface area (Å²) in [5, 5.41) is 0. The molecule has 2 fully saturated rings. The van der Waals surface area contributed by atoms with Gasteiger partial charge in [-0.05, 0) is 25.3 Å². The van der Waals surface area contributed by atoms with E-state index in [4.69, 9.17) is 4.74 Å². The van der Waals surface area contributed by atoms with Crippen LogP contribution in [-0.2, 0) is 14.3 Å². The van der Waals surface area contributed by atoms with Gasteiger partial charge in [0.15, 0.2) is 0 Å². The van der Waals surface area contributed by atoms with E-state index in [0.29, 0.717) is 6.42 Å². The number of Topliss-reactive ketones (excluding diaryl/α,β-unsaturated/α-hetero) is 1. The molecule has 3 atom stereocenters. The number of carbonyl (C=O) groups excluding carboxylic acids is 2. The number of ether oxygens (including phenoxy) is 1. The fourth-order valence-electron chi connectivity index (χ4n) is 2.75. The first-order chi connectivity index (χ1) is 8.24. The number of ketones is 1. The Hall–Kier alpha value is -1.12. The molecule has 0 aromatic heterocycles. The van der Waals surface area contributed by atoms with Crippen LogP contribution in [0.4, 0.5) is 0 Å². The maximum absolute atomic E-state index is 11.5. The molecule has 3 nitrogen and oxygen atoms in total. The topological polar surface area (TPSA) is 43.4 Å². The summed E-state index contributed by atoms with van der Waals surface area (Å²) < 4.78 is 5.26. The molecule has 1 heterocycles. The molecule has 17 heavy (non-hydrogen) atoms. The molecule has 0 spiro atoms. The third-order valence-corrected chi connectivity index (χ3v) is 3.73. The van der Waals surface area contributed by atoms with E-state index in [9.17, 15) is 9.59 Å². The van der Waals surface area contributed by atoms with Crippen molar-refractivity contribution in [2.75, 3.05) is 0 Å². The van der Waals surface area contributed by atoms with E-state index in [1.165, 1.54) is 19.3 Å². The van der Waals surface area contributed by atoms with Crippen LogP contribution in [0.15, 0.2) is 12.2 Å². The van der Waals surface area contributed by atoms with Crippen LogP contribution in [0.1, 0.15) is 45.4 Å². The largest absolute Gasteiger partial charge is 0.457 e. The van der Waals surface area contributed by atoms with E-state index >= 15 is 0 Å². The van der Waals surface area contributed by atoms with Crippen molar-refractivity contribution in [3.8, 4) is 0 Å². The van der Waals surface area contributed by atoms with E-state index in [2.05, 4.69) is 13.0 Å². The van der Waals surface area contributed by atoms with Crippen molar-refractivity contribution < 1.29 is 14.3 Å². The van der Waals surface area contributed by atoms with Crippen LogP contribution in [0.5, 0.6) is 0 Å². The molecule has 0 radical (unpaired) electrons. The summed E-state index contributed by atoms with van der Waals surface area (Å²) in [5.41, 5.74) is 0. The fraction of sp³-hybridized carbons (Fsp3) is 0.714. The summed E-state index contributed by atoms with van der Waals surface area (Å²) >= 11 is 0. The Kier molecular flexibility index (Phi) is 3.97. The van der Waals surface area contributed by atoms with E-state index in [1.54, 1.807) is 0 Å². The Bertz CT molecular complexity index is 332. The fourth-order valence-corrected chi connectivity index (χ4v) is 2.75. The SMILES string of the molecule is CCCCCC=CC1OC(=O)C2C(=O)CCC12. The predicted octanol–water partition coefficient (Wildman–Crippen LogP) is 2.64. The molecule has 1 aliphatic heterocycles. The maximum atomic E-state index is 11.5. The predicted molar refractivity (Wildman–Crippen MR) is 64.4 cm³/mol. The molecule has 1 saturated heterocycles. The van der Waals surface area contributed by atoms with Gasteiger partial charge in [-0.25, -0.2) is 0 Å². The maximum Gasteiger partial charge on any atom is 0.317 e. The lowest BCUT2D eigenvalue weighted by molar-refractivity contribution is -0.145. The molecular weight excluding hydrogens is 216 g/mol. The van der Waals surface area contributed by atoms with Gasteiger partial charge in [0.1, 0.15) is 17.8 Å². The highest BCUT2D eigenvalue weighted by Gasteiger charge is 2.50. The second kappa shape index (κ2) is 5.48. The molecule has 0 N–H and O–H groups in total. The zero-order valence-corrected chi connectivity index (χ0v) is 10.4. The average molecular weight is 236 g/mol. The van der Waals surface area contributed by atoms with Crippen LogP contribution in [0.25, 0.3) is 0 Å². The Morgan fingerprint density at radius 3 is 2.94 bits per heavy atom. The first-order valence-electron chi connectivity index (χ1n) is 6.64. The Labute approximate surface area is 102 Å². The van der Waals surface area contributed by atoms with E-state index in [1.807, 2.05) is 6.08 Å². The van der Waals surface area contributed by atoms with Gasteiger partial charge in [-0.2, -0.15) is 0 Å². The number of unbranched alkanes of at least 4 members (excludes halogenated alkanes) is 3. The first-order valence-corrected chi connectivity index (χ1v) is 6.64. The second-order valence-electron chi connectivity index (χ2n) is 4.97. The monoisotopic (exact) mass is 236 g/mol. The van der Waals surface area contributed by atoms with Gasteiger partial charge in [0.2, 0.25) is 0 Å². The van der Waals surface area contributed by atoms with E-state index < -0.39 is 5.92 Å². The summed E-state index contributed by atoms with van der Waals surface area (Å²) in [6, 6.07) is 0. The number of esters is 1. The Morgan fingerprint density at radius 2 is 2.18 bits per heavy atom. The minimum absolute atomic E-state index is 0.0712. The summed E-state index contributed by atoms with van der Waals surface area (Å²) in [7, 11) is 0. The minimum Gasteiger partial charge on any atom is -0.457 e. The number of allylic oxidation sites excluding steroid dienone is 1. The molecule has 3 unspecified atom stereocenters. The molecular formula is C14H20O3. The van der Waals surface area contributed by atoms with Gasteiger partial charge in [0.05, 0.1) is 0 Å². The van der Waals surface area contributed by atoms with Crippen LogP contribution in [-0.4, -0.2) is 17.9 Å². The lowest BCUT2D eigenvalue weighted by atomic mass is 9.93. The normalized spacial score (nSPS) is 32.2. The molecule has 1 saturated carbocycles. The Balaban J connectivity index is 1.86. The van der Waals surface area contributed by atoms with Crippen molar-refractivity contribution in [2.45, 2.75) is 51.6 Å². The van der Waals surface area contributed by atoms with E-state index in [0.717, 1.165) is 12.8 Å². The van der Waals surface area contributed by atoms with Crippen molar-refractivity contribution >= 4 is 11.8 Å². The standard InChI is InChI=1S/C14H20O3/c1-2-3-4-5-6-7-12-10-8-9-11(15)13(10)14(16)17-12/h6-7,10,12-13H,2-5,8-9H2,1H3. The minimum atomic E-state index is -0.458. The lowest BCUT2D eigenvalue weighted by Crippen LogP contribution is -2.18. The highest BCUT2D eigenvalue weighted by Crippen LogP contribution is 2.39. The van der Waals surface area contributed by atoms with Gasteiger partial charge in [0.25, 0.3) is 0 Å². The van der Waals surface area contributed by atoms with Gasteiger partial charge in [0, 0.05) is 12.3 Å². The highest BCUT2D eigenvalue weighted by atomic mass is 16.6. The van der Waals surface area contributed by atoms with Gasteiger partial charge < -0.3 is 4.74 Å². The number of cyclic esters (lactones) is 1. The van der Waals surface area contributed by atoms with Crippen molar-refractivity contribution in [3.63, 3.8) is 0 Å². The van der Waals surface area contributed by atoms with Gasteiger partial charge >= 0.3 is 5.97 Å². The Morgan fingerprint density at radius 1 is 1.35 bits per heavy atom. The van der Waals surface area contributed by atoms with Crippen LogP contribution < -0.4 is 0 Å². The van der Waals surface area contributed by atoms with Gasteiger partial charge in [-0.15, -0.1) is 0 Å². The zero-order valence-electron chi connectivity index (χ0n) is 10.4. The van der Waals surface area contributed by atoms with Crippen LogP contribution in [0, 0.1) is 11.8 Å². The van der Waals surface area contributed by atoms with Gasteiger partial charge in [-0.3, -0.25) is 9.59 Å². The van der Waals surface area contributed by atoms with E-state index in [-0.39, 0.29) is 23.8 Å². The third kappa shape index (κ3) is 2.59. The van der Waals surface area contributed by atoms with Crippen molar-refractivity contribution in [2.24, 2.45) is 11.8 Å². The quantitative estimate of drug-likeness (QED) is 0.319. The van der Waals surface area contributed by atoms with Crippen LogP contribution in [0.2, 0.25) is 0 Å². The summed E-state index contributed by atoms with van der Waals surface area (Å²) in [6.07, 6.45) is 9.94. The summed E-state index contributed by atoms with van der Waals surface area (Å²) in [5.74, 6) is -0.583. The van der Waals surface area contributed by atoms with Crippen molar-refractivity contribution in [3.05, 3.63) is 12.2 Å². The molecule has 0 aromatic carbocycles. The number of hydrogen-bond donors (Lipinski definition) is 0. The summed E-state index contributed by atoms with van der Waals surface area (Å²) in [4.78, 5) is 23.0. The molecule has 0 amide bonds. The molecule has 0 bridgehead atoms. The number of hydrogen-bond acceptors (Lipinski definition) is 3. The smallest absolute Gasteiger partial charge is 0.317 e. The summed E-state index contributed by atoms with van der Waals surface area (Å²) in [6.45, 7) is 2.18. The molecule has 0 aromatic rings. The molecule has 94 valence electrons. The van der Waals surface area contributed by atoms with Crippen molar-refractivity contribution in [1.29, 1.82) is 0 Å². The molecule has 1 aliphatic carbocycles. The number of rotatable bonds is 5. The molecule has 2 aliphatic rings. The number of fused-ring (bicyclic) bond motifs is 1. The van der Waals surface area contributed by atoms with Crippen molar-refractivity contribution in [1.82, 2.24) is 0 Å². The first kappa shape index (κ1) is 12.3.